The monoisotopic (exact) mass is 1920 g/mol. The van der Waals surface area contributed by atoms with Gasteiger partial charge in [-0.3, -0.25) is 34.7 Å². The van der Waals surface area contributed by atoms with Gasteiger partial charge in [-0.15, -0.1) is 49.2 Å². The molecule has 6 aromatic heterocycles. The van der Waals surface area contributed by atoms with Gasteiger partial charge in [0.1, 0.15) is 30.7 Å². The van der Waals surface area contributed by atoms with Gasteiger partial charge in [-0.1, -0.05) is 210 Å². The zero-order valence-electron chi connectivity index (χ0n) is 78.3. The zero-order chi connectivity index (χ0) is 92.2. The molecule has 7 rings (SSSR count). The summed E-state index contributed by atoms with van der Waals surface area (Å²) in [6, 6.07) is 24.4. The highest BCUT2D eigenvalue weighted by atomic mass is 127. The van der Waals surface area contributed by atoms with E-state index in [1.807, 2.05) is 111 Å². The largest absolute Gasteiger partial charge is 0.396 e. The van der Waals surface area contributed by atoms with E-state index in [9.17, 15) is 25.2 Å². The number of hydrogen-bond donors (Lipinski definition) is 7. The highest BCUT2D eigenvalue weighted by Crippen LogP contribution is 2.25. The van der Waals surface area contributed by atoms with E-state index in [-0.39, 0.29) is 0 Å². The fraction of sp³-hybridized carbons (Fsp3) is 0.613. The summed E-state index contributed by atoms with van der Waals surface area (Å²) < 4.78 is 6.88. The SMILES string of the molecule is C#CCCCCc1cccnc1.C=CCCCBr.C=CCCCCc1cccnc1.CCCCCCCCCI.CON(CCCCCCCCC#CCCCCc1cccnc1)[C@@H]1OC(CO)[C@@H](O)[C@H](O)C1O.CONCCCCCCCCC#CCCCCc1cccnc1.Cc1cccnc1.O=CCCCCc1cccnc1.OCCCCCCCCO. The zero-order valence-corrected chi connectivity index (χ0v) is 82.0. The topological polar surface area (TPSA) is 259 Å². The first-order valence-electron chi connectivity index (χ1n) is 47.5. The Morgan fingerprint density at radius 3 is 1.14 bits per heavy atom. The number of ether oxygens (including phenoxy) is 1. The second-order valence-electron chi connectivity index (χ2n) is 31.2. The molecule has 7 N–H and O–H groups in total. The lowest BCUT2D eigenvalue weighted by Gasteiger charge is -2.43. The highest BCUT2D eigenvalue weighted by Gasteiger charge is 2.46. The van der Waals surface area contributed by atoms with Crippen LogP contribution in [0, 0.1) is 42.9 Å². The van der Waals surface area contributed by atoms with E-state index in [1.165, 1.54) is 178 Å². The van der Waals surface area contributed by atoms with E-state index >= 15 is 0 Å². The van der Waals surface area contributed by atoms with Crippen molar-refractivity contribution in [3.63, 3.8) is 0 Å². The van der Waals surface area contributed by atoms with E-state index in [2.05, 4.69) is 154 Å². The number of aryl methyl sites for hydroxylation is 6. The van der Waals surface area contributed by atoms with E-state index in [0.717, 1.165) is 198 Å². The van der Waals surface area contributed by atoms with Crippen molar-refractivity contribution in [3.8, 4) is 36.0 Å². The van der Waals surface area contributed by atoms with Crippen LogP contribution in [-0.4, -0.2) is 159 Å². The molecule has 1 fully saturated rings. The average molecular weight is 1920 g/mol. The molecule has 2 unspecified atom stereocenters. The van der Waals surface area contributed by atoms with E-state index in [1.54, 1.807) is 31.9 Å². The van der Waals surface area contributed by atoms with Gasteiger partial charge in [0.2, 0.25) is 0 Å². The van der Waals surface area contributed by atoms with Gasteiger partial charge >= 0.3 is 0 Å². The van der Waals surface area contributed by atoms with Crippen LogP contribution in [0.15, 0.2) is 172 Å². The van der Waals surface area contributed by atoms with Gasteiger partial charge in [-0.05, 0) is 242 Å². The Balaban J connectivity index is 0. The molecule has 0 spiro atoms. The molecule has 0 aromatic carbocycles. The number of carbonyl (C=O) groups is 1. The smallest absolute Gasteiger partial charge is 0.162 e. The van der Waals surface area contributed by atoms with Gasteiger partial charge in [0.25, 0.3) is 0 Å². The van der Waals surface area contributed by atoms with Gasteiger partial charge in [-0.25, -0.2) is 5.48 Å². The number of aromatic nitrogens is 6. The Hall–Kier alpha value is -6.50. The number of aldehydes is 1. The minimum atomic E-state index is -1.40. The molecule has 0 aliphatic carbocycles. The summed E-state index contributed by atoms with van der Waals surface area (Å²) in [6.45, 7) is 13.2. The molecular formula is C106H168BrIN8O10. The fourth-order valence-electron chi connectivity index (χ4n) is 12.6. The van der Waals surface area contributed by atoms with Crippen molar-refractivity contribution in [2.75, 3.05) is 56.9 Å². The number of rotatable bonds is 59. The van der Waals surface area contributed by atoms with Crippen LogP contribution >= 0.6 is 38.5 Å². The number of pyridine rings is 6. The van der Waals surface area contributed by atoms with E-state index < -0.39 is 37.3 Å². The number of terminal acetylenes is 1. The number of carbonyl (C=O) groups excluding carboxylic acids is 1. The van der Waals surface area contributed by atoms with Crippen LogP contribution in [0.2, 0.25) is 0 Å². The Labute approximate surface area is 787 Å². The first kappa shape index (κ1) is 122. The molecule has 7 heterocycles. The van der Waals surface area contributed by atoms with Crippen molar-refractivity contribution < 1.29 is 49.8 Å². The molecule has 20 heteroatoms. The van der Waals surface area contributed by atoms with Gasteiger partial charge in [-0.2, -0.15) is 5.06 Å². The normalized spacial score (nSPS) is 13.8. The van der Waals surface area contributed by atoms with E-state index in [0.29, 0.717) is 26.2 Å². The minimum absolute atomic E-state index is 0.319. The quantitative estimate of drug-likeness (QED) is 0.00356. The van der Waals surface area contributed by atoms with Gasteiger partial charge in [0.05, 0.1) is 20.8 Å². The standard InChI is InChI=1S/C26H42N2O6.C20H32N2O.C11H15N.C11H13N.C10H13NO.C9H19I.C8H18O2.C6H7N.C5H9Br/c1-33-28(26-25(32)24(31)23(30)22(20-29)34-26)18-13-11-9-7-5-3-2-4-6-8-10-12-15-21-16-14-17-27-19-21;1-23-22-18-13-11-9-7-5-3-2-4-6-8-10-12-15-20-16-14-17-21-19-20;2*1-2-3-4-5-7-11-8-6-9-12-10-11;12-8-3-1-2-5-10-6-4-7-11-9-10;1-2-3-4-5-6-7-8-9-10;9-7-5-3-1-2-4-6-8-10;1-6-3-2-4-7-5-6;1-2-3-4-5-6/h14,16-17,19,22-26,29-32H,2-3,5,7-13,15,18,20H2,1H3;14,16-17,19,22H,2-3,5,7-13,15,18H2,1H3;2,6,8-10H,1,3-5,7H2;1,6,8-10H,3-5,7H2;4,6-9H,1-3,5H2;2-9H2,1H3;9-10H,1-8H2;2-5H,1H3;2H,1,3-5H2/t22?,23-,24+,25?,26-;;;;;;;;/m1......../s1. The molecule has 6 aromatic rings. The summed E-state index contributed by atoms with van der Waals surface area (Å²) in [5.41, 5.74) is 10.6. The molecule has 0 radical (unpaired) electrons. The molecule has 706 valence electrons. The maximum Gasteiger partial charge on any atom is 0.162 e. The lowest BCUT2D eigenvalue weighted by atomic mass is 9.98. The second-order valence-corrected chi connectivity index (χ2v) is 33.1. The van der Waals surface area contributed by atoms with Crippen molar-refractivity contribution in [2.24, 2.45) is 0 Å². The molecule has 0 saturated carbocycles. The molecule has 0 bridgehead atoms. The number of unbranched alkanes of at least 4 members (excludes halogenated alkanes) is 34. The van der Waals surface area contributed by atoms with Gasteiger partial charge in [0, 0.05) is 145 Å². The average Bonchev–Trinajstić information content (AvgIpc) is 0.804. The molecular weight excluding hydrogens is 1750 g/mol. The Bertz CT molecular complexity index is 3300. The Morgan fingerprint density at radius 2 is 0.817 bits per heavy atom. The van der Waals surface area contributed by atoms with Crippen LogP contribution in [-0.2, 0) is 51.3 Å². The summed E-state index contributed by atoms with van der Waals surface area (Å²) in [6.07, 6.45) is 83.0. The first-order chi connectivity index (χ1) is 61.9. The van der Waals surface area contributed by atoms with Crippen molar-refractivity contribution in [3.05, 3.63) is 206 Å². The van der Waals surface area contributed by atoms with E-state index in [4.69, 9.17) is 31.0 Å². The first-order valence-corrected chi connectivity index (χ1v) is 50.1. The van der Waals surface area contributed by atoms with Crippen LogP contribution in [0.3, 0.4) is 0 Å². The summed E-state index contributed by atoms with van der Waals surface area (Å²) >= 11 is 5.76. The number of hydroxylamine groups is 3. The predicted molar refractivity (Wildman–Crippen MR) is 538 cm³/mol. The van der Waals surface area contributed by atoms with Crippen LogP contribution < -0.4 is 5.48 Å². The molecule has 18 nitrogen and oxygen atoms in total. The molecule has 126 heavy (non-hydrogen) atoms. The van der Waals surface area contributed by atoms with Crippen LogP contribution in [0.5, 0.6) is 0 Å². The minimum Gasteiger partial charge on any atom is -0.396 e. The predicted octanol–water partition coefficient (Wildman–Crippen LogP) is 23.5. The number of alkyl halides is 2. The Kier molecular flexibility index (Phi) is 97.1. The third-order valence-electron chi connectivity index (χ3n) is 20.0. The van der Waals surface area contributed by atoms with Crippen LogP contribution in [0.25, 0.3) is 0 Å². The Morgan fingerprint density at radius 1 is 0.460 bits per heavy atom. The number of hydrogen-bond acceptors (Lipinski definition) is 18. The maximum atomic E-state index is 10.2. The lowest BCUT2D eigenvalue weighted by molar-refractivity contribution is -0.328. The van der Waals surface area contributed by atoms with Crippen LogP contribution in [0.1, 0.15) is 323 Å². The van der Waals surface area contributed by atoms with Crippen molar-refractivity contribution in [2.45, 2.75) is 359 Å². The number of allylic oxidation sites excluding steroid dienone is 2. The summed E-state index contributed by atoms with van der Waals surface area (Å²) in [7, 11) is 3.14. The van der Waals surface area contributed by atoms with Gasteiger partial charge < -0.3 is 45.0 Å². The number of nitrogens with one attached hydrogen (secondary N) is 1. The second kappa shape index (κ2) is 101. The number of aliphatic hydroxyl groups is 6. The number of halogens is 2. The fourth-order valence-corrected chi connectivity index (χ4v) is 13.5. The molecule has 5 atom stereocenters. The molecule has 1 aliphatic rings. The third-order valence-corrected chi connectivity index (χ3v) is 21.4. The molecule has 0 amide bonds. The van der Waals surface area contributed by atoms with Gasteiger partial charge in [0.15, 0.2) is 6.23 Å². The molecule has 1 saturated heterocycles. The number of nitrogens with zero attached hydrogens (tertiary/aromatic N) is 7. The lowest BCUT2D eigenvalue weighted by Crippen LogP contribution is -2.63. The summed E-state index contributed by atoms with van der Waals surface area (Å²) in [5.74, 6) is 15.8. The highest BCUT2D eigenvalue weighted by molar-refractivity contribution is 14.1. The van der Waals surface area contributed by atoms with Crippen molar-refractivity contribution in [1.82, 2.24) is 40.4 Å². The summed E-state index contributed by atoms with van der Waals surface area (Å²) in [4.78, 5) is 44.4. The molecule has 1 aliphatic heterocycles. The third kappa shape index (κ3) is 83.1. The van der Waals surface area contributed by atoms with Crippen molar-refractivity contribution >= 4 is 44.8 Å². The summed E-state index contributed by atoms with van der Waals surface area (Å²) in [5, 5.41) is 58.8. The van der Waals surface area contributed by atoms with Crippen LogP contribution in [0.4, 0.5) is 0 Å². The number of aliphatic hydroxyl groups excluding tert-OH is 6. The van der Waals surface area contributed by atoms with Crippen molar-refractivity contribution in [1.29, 1.82) is 0 Å². The maximum absolute atomic E-state index is 10.2.